The zero-order valence-electron chi connectivity index (χ0n) is 12.2. The van der Waals surface area contributed by atoms with Crippen molar-refractivity contribution in [1.82, 2.24) is 15.3 Å². The number of carbonyl (C=O) groups is 1. The Bertz CT molecular complexity index is 535. The first kappa shape index (κ1) is 16.6. The third-order valence-corrected chi connectivity index (χ3v) is 2.76. The van der Waals surface area contributed by atoms with Gasteiger partial charge in [0.2, 0.25) is 17.7 Å². The molecule has 0 saturated carbocycles. The molecule has 0 unspecified atom stereocenters. The first-order valence-corrected chi connectivity index (χ1v) is 6.39. The Labute approximate surface area is 121 Å². The summed E-state index contributed by atoms with van der Waals surface area (Å²) in [6.45, 7) is 3.80. The fraction of sp³-hybridized carbons (Fsp3) is 0.545. The number of nitrogens with one attached hydrogen (secondary N) is 2. The van der Waals surface area contributed by atoms with Crippen LogP contribution in [0.2, 0.25) is 0 Å². The van der Waals surface area contributed by atoms with Crippen molar-refractivity contribution >= 4 is 23.4 Å². The monoisotopic (exact) mass is 297 g/mol. The van der Waals surface area contributed by atoms with Gasteiger partial charge in [0.25, 0.3) is 0 Å². The second-order valence-electron chi connectivity index (χ2n) is 4.30. The number of hydrogen-bond acceptors (Lipinski definition) is 8. The van der Waals surface area contributed by atoms with Crippen molar-refractivity contribution in [3.05, 3.63) is 15.8 Å². The summed E-state index contributed by atoms with van der Waals surface area (Å²) in [5, 5.41) is 13.7. The van der Waals surface area contributed by atoms with E-state index in [1.54, 1.807) is 0 Å². The number of nitro groups is 1. The number of hydrazine groups is 1. The molecule has 0 aromatic carbocycles. The molecule has 0 aliphatic carbocycles. The number of nitrogens with two attached hydrogens (primary N) is 1. The van der Waals surface area contributed by atoms with Crippen molar-refractivity contribution in [3.8, 4) is 0 Å². The van der Waals surface area contributed by atoms with Gasteiger partial charge >= 0.3 is 5.69 Å². The van der Waals surface area contributed by atoms with Gasteiger partial charge in [0.1, 0.15) is 5.69 Å². The predicted octanol–water partition coefficient (Wildman–Crippen LogP) is -0.0588. The quantitative estimate of drug-likeness (QED) is 0.361. The molecule has 1 aromatic heterocycles. The van der Waals surface area contributed by atoms with Gasteiger partial charge in [0.15, 0.2) is 0 Å². The highest BCUT2D eigenvalue weighted by molar-refractivity contribution is 5.81. The molecule has 1 amide bonds. The SMILES string of the molecule is CCCN(CC(=O)NC)c1nc(NN)nc(C)c1[N+](=O)[O-]. The molecule has 1 heterocycles. The van der Waals surface area contributed by atoms with Crippen molar-refractivity contribution in [1.29, 1.82) is 0 Å². The van der Waals surface area contributed by atoms with Crippen LogP contribution in [-0.4, -0.2) is 40.9 Å². The number of likely N-dealkylation sites (N-methyl/N-ethyl adjacent to an activating group) is 1. The lowest BCUT2D eigenvalue weighted by Gasteiger charge is -2.22. The minimum atomic E-state index is -0.558. The van der Waals surface area contributed by atoms with Gasteiger partial charge in [-0.3, -0.25) is 20.3 Å². The Kier molecular flexibility index (Phi) is 5.79. The Morgan fingerprint density at radius 1 is 1.48 bits per heavy atom. The molecule has 0 aliphatic heterocycles. The molecule has 0 bridgehead atoms. The Morgan fingerprint density at radius 2 is 2.14 bits per heavy atom. The number of anilines is 2. The van der Waals surface area contributed by atoms with Crippen molar-refractivity contribution in [3.63, 3.8) is 0 Å². The molecule has 0 saturated heterocycles. The zero-order chi connectivity index (χ0) is 16.0. The average Bonchev–Trinajstić information content (AvgIpc) is 2.45. The van der Waals surface area contributed by atoms with E-state index in [1.807, 2.05) is 6.92 Å². The number of carbonyl (C=O) groups excluding carboxylic acids is 1. The Hall–Kier alpha value is -2.49. The van der Waals surface area contributed by atoms with Crippen LogP contribution in [0.4, 0.5) is 17.5 Å². The molecule has 10 heteroatoms. The first-order valence-electron chi connectivity index (χ1n) is 6.39. The molecule has 1 rings (SSSR count). The van der Waals surface area contributed by atoms with E-state index in [9.17, 15) is 14.9 Å². The number of nitrogens with zero attached hydrogens (tertiary/aromatic N) is 4. The van der Waals surface area contributed by atoms with Gasteiger partial charge in [-0.25, -0.2) is 10.8 Å². The second kappa shape index (κ2) is 7.33. The molecular weight excluding hydrogens is 278 g/mol. The van der Waals surface area contributed by atoms with Crippen LogP contribution in [-0.2, 0) is 4.79 Å². The van der Waals surface area contributed by atoms with Crippen molar-refractivity contribution in [2.45, 2.75) is 20.3 Å². The third-order valence-electron chi connectivity index (χ3n) is 2.76. The molecular formula is C11H19N7O3. The van der Waals surface area contributed by atoms with E-state index >= 15 is 0 Å². The summed E-state index contributed by atoms with van der Waals surface area (Å²) in [4.78, 5) is 31.7. The summed E-state index contributed by atoms with van der Waals surface area (Å²) in [7, 11) is 1.50. The Morgan fingerprint density at radius 3 is 2.62 bits per heavy atom. The summed E-state index contributed by atoms with van der Waals surface area (Å²) in [6, 6.07) is 0. The summed E-state index contributed by atoms with van der Waals surface area (Å²) >= 11 is 0. The van der Waals surface area contributed by atoms with Gasteiger partial charge in [-0.2, -0.15) is 4.98 Å². The fourth-order valence-corrected chi connectivity index (χ4v) is 1.83. The smallest absolute Gasteiger partial charge is 0.332 e. The number of aromatic nitrogens is 2. The van der Waals surface area contributed by atoms with E-state index in [4.69, 9.17) is 5.84 Å². The lowest BCUT2D eigenvalue weighted by molar-refractivity contribution is -0.385. The average molecular weight is 297 g/mol. The van der Waals surface area contributed by atoms with Crippen LogP contribution in [0.15, 0.2) is 0 Å². The number of hydrogen-bond donors (Lipinski definition) is 3. The second-order valence-corrected chi connectivity index (χ2v) is 4.30. The molecule has 0 aliphatic rings. The van der Waals surface area contributed by atoms with Gasteiger partial charge < -0.3 is 10.2 Å². The number of amides is 1. The molecule has 0 spiro atoms. The van der Waals surface area contributed by atoms with Gasteiger partial charge in [-0.1, -0.05) is 6.92 Å². The molecule has 21 heavy (non-hydrogen) atoms. The normalized spacial score (nSPS) is 10.1. The molecule has 0 radical (unpaired) electrons. The topological polar surface area (TPSA) is 139 Å². The minimum absolute atomic E-state index is 0.0361. The molecule has 116 valence electrons. The molecule has 0 fully saturated rings. The number of rotatable bonds is 7. The highest BCUT2D eigenvalue weighted by atomic mass is 16.6. The zero-order valence-corrected chi connectivity index (χ0v) is 12.2. The van der Waals surface area contributed by atoms with Crippen LogP contribution in [0, 0.1) is 17.0 Å². The lowest BCUT2D eigenvalue weighted by atomic mass is 10.3. The summed E-state index contributed by atoms with van der Waals surface area (Å²) < 4.78 is 0. The van der Waals surface area contributed by atoms with Gasteiger partial charge in [-0.05, 0) is 13.3 Å². The van der Waals surface area contributed by atoms with Crippen molar-refractivity contribution < 1.29 is 9.72 Å². The van der Waals surface area contributed by atoms with E-state index < -0.39 is 4.92 Å². The summed E-state index contributed by atoms with van der Waals surface area (Å²) in [5.74, 6) is 5.14. The van der Waals surface area contributed by atoms with E-state index in [1.165, 1.54) is 18.9 Å². The standard InChI is InChI=1S/C11H19N7O3/c1-4-5-17(6-8(19)13-3)10-9(18(20)21)7(2)14-11(15-10)16-12/h4-6,12H2,1-3H3,(H,13,19)(H,14,15,16). The number of nitrogen functional groups attached to an aromatic ring is 1. The lowest BCUT2D eigenvalue weighted by Crippen LogP contribution is -2.37. The van der Waals surface area contributed by atoms with Gasteiger partial charge in [0, 0.05) is 13.6 Å². The number of aryl methyl sites for hydroxylation is 1. The highest BCUT2D eigenvalue weighted by Gasteiger charge is 2.27. The maximum absolute atomic E-state index is 11.6. The molecule has 0 atom stereocenters. The highest BCUT2D eigenvalue weighted by Crippen LogP contribution is 2.29. The summed E-state index contributed by atoms with van der Waals surface area (Å²) in [5.41, 5.74) is 2.21. The Balaban J connectivity index is 3.35. The van der Waals surface area contributed by atoms with Crippen LogP contribution < -0.4 is 21.5 Å². The first-order chi connectivity index (χ1) is 9.94. The maximum atomic E-state index is 11.6. The third kappa shape index (κ3) is 3.99. The fourth-order valence-electron chi connectivity index (χ4n) is 1.83. The molecule has 4 N–H and O–H groups in total. The van der Waals surface area contributed by atoms with E-state index in [0.29, 0.717) is 13.0 Å². The van der Waals surface area contributed by atoms with Crippen molar-refractivity contribution in [2.24, 2.45) is 5.84 Å². The molecule has 1 aromatic rings. The van der Waals surface area contributed by atoms with Crippen molar-refractivity contribution in [2.75, 3.05) is 30.5 Å². The van der Waals surface area contributed by atoms with Gasteiger partial charge in [0.05, 0.1) is 11.5 Å². The largest absolute Gasteiger partial charge is 0.358 e. The van der Waals surface area contributed by atoms with Crippen LogP contribution in [0.5, 0.6) is 0 Å². The minimum Gasteiger partial charge on any atom is -0.358 e. The van der Waals surface area contributed by atoms with Crippen LogP contribution in [0.25, 0.3) is 0 Å². The van der Waals surface area contributed by atoms with E-state index in [2.05, 4.69) is 20.7 Å². The van der Waals surface area contributed by atoms with E-state index in [0.717, 1.165) is 0 Å². The van der Waals surface area contributed by atoms with Gasteiger partial charge in [-0.15, -0.1) is 0 Å². The molecule has 10 nitrogen and oxygen atoms in total. The van der Waals surface area contributed by atoms with E-state index in [-0.39, 0.29) is 35.6 Å². The predicted molar refractivity (Wildman–Crippen MR) is 77.8 cm³/mol. The van der Waals surface area contributed by atoms with Crippen LogP contribution >= 0.6 is 0 Å². The summed E-state index contributed by atoms with van der Waals surface area (Å²) in [6.07, 6.45) is 0.697. The van der Waals surface area contributed by atoms with Crippen LogP contribution in [0.1, 0.15) is 19.0 Å². The maximum Gasteiger partial charge on any atom is 0.332 e. The van der Waals surface area contributed by atoms with Crippen LogP contribution in [0.3, 0.4) is 0 Å².